The van der Waals surface area contributed by atoms with Gasteiger partial charge >= 0.3 is 0 Å². The average molecular weight is 450 g/mol. The number of hydrogen-bond acceptors (Lipinski definition) is 5. The zero-order chi connectivity index (χ0) is 22.1. The highest BCUT2D eigenvalue weighted by molar-refractivity contribution is 7.21. The summed E-state index contributed by atoms with van der Waals surface area (Å²) < 4.78 is 20.7. The summed E-state index contributed by atoms with van der Waals surface area (Å²) in [7, 11) is 0. The Morgan fingerprint density at radius 3 is 2.56 bits per heavy atom. The van der Waals surface area contributed by atoms with E-state index in [1.165, 1.54) is 23.5 Å². The lowest BCUT2D eigenvalue weighted by Crippen LogP contribution is -2.46. The van der Waals surface area contributed by atoms with Crippen molar-refractivity contribution in [3.05, 3.63) is 77.8 Å². The van der Waals surface area contributed by atoms with Gasteiger partial charge in [0.05, 0.1) is 15.8 Å². The lowest BCUT2D eigenvalue weighted by Gasteiger charge is -2.32. The number of furan rings is 1. The molecule has 1 aliphatic rings. The number of halogens is 1. The molecule has 1 fully saturated rings. The second kappa shape index (κ2) is 8.55. The fourth-order valence-corrected chi connectivity index (χ4v) is 4.77. The third-order valence-corrected chi connectivity index (χ3v) is 6.61. The van der Waals surface area contributed by atoms with Crippen LogP contribution in [0.4, 0.5) is 4.39 Å². The van der Waals surface area contributed by atoms with E-state index in [0.717, 1.165) is 15.2 Å². The van der Waals surface area contributed by atoms with Gasteiger partial charge in [0.15, 0.2) is 16.5 Å². The van der Waals surface area contributed by atoms with E-state index in [1.807, 2.05) is 24.3 Å². The Labute approximate surface area is 187 Å². The van der Waals surface area contributed by atoms with E-state index in [0.29, 0.717) is 31.7 Å². The number of fused-ring (bicyclic) bond motifs is 1. The van der Waals surface area contributed by atoms with Crippen molar-refractivity contribution >= 4 is 33.4 Å². The number of nitrogens with zero attached hydrogens (tertiary/aromatic N) is 2. The molecule has 0 aliphatic carbocycles. The van der Waals surface area contributed by atoms with Gasteiger partial charge < -0.3 is 14.6 Å². The van der Waals surface area contributed by atoms with Gasteiger partial charge in [-0.25, -0.2) is 9.37 Å². The molecular formula is C24H20FN3O3S. The van der Waals surface area contributed by atoms with Crippen LogP contribution in [0.25, 0.3) is 21.0 Å². The number of carbonyl (C=O) groups excluding carboxylic acids is 2. The lowest BCUT2D eigenvalue weighted by atomic mass is 10.0. The second-order valence-electron chi connectivity index (χ2n) is 7.67. The first-order chi connectivity index (χ1) is 15.6. The van der Waals surface area contributed by atoms with E-state index in [-0.39, 0.29) is 29.2 Å². The summed E-state index contributed by atoms with van der Waals surface area (Å²) in [6, 6.07) is 17.1. The quantitative estimate of drug-likeness (QED) is 0.489. The number of para-hydroxylation sites is 1. The molecule has 0 radical (unpaired) electrons. The van der Waals surface area contributed by atoms with Crippen molar-refractivity contribution in [2.45, 2.75) is 18.9 Å². The number of piperidine rings is 1. The van der Waals surface area contributed by atoms with E-state index in [2.05, 4.69) is 10.3 Å². The fraction of sp³-hybridized carbons (Fsp3) is 0.208. The predicted octanol–water partition coefficient (Wildman–Crippen LogP) is 4.73. The van der Waals surface area contributed by atoms with E-state index in [4.69, 9.17) is 4.42 Å². The molecule has 6 nitrogen and oxygen atoms in total. The molecule has 5 rings (SSSR count). The van der Waals surface area contributed by atoms with Crippen LogP contribution in [0.15, 0.2) is 65.1 Å². The molecule has 0 unspecified atom stereocenters. The minimum atomic E-state index is -0.519. The first kappa shape index (κ1) is 20.4. The average Bonchev–Trinajstić information content (AvgIpc) is 3.47. The summed E-state index contributed by atoms with van der Waals surface area (Å²) in [5, 5.41) is 3.70. The third-order valence-electron chi connectivity index (χ3n) is 5.56. The Morgan fingerprint density at radius 1 is 1.03 bits per heavy atom. The van der Waals surface area contributed by atoms with E-state index in [1.54, 1.807) is 29.2 Å². The van der Waals surface area contributed by atoms with Gasteiger partial charge in [0, 0.05) is 19.1 Å². The molecule has 32 heavy (non-hydrogen) atoms. The molecule has 1 aliphatic heterocycles. The number of aromatic nitrogens is 1. The molecule has 0 spiro atoms. The number of carbonyl (C=O) groups is 2. The molecule has 4 aromatic rings. The summed E-state index contributed by atoms with van der Waals surface area (Å²) in [4.78, 5) is 31.4. The lowest BCUT2D eigenvalue weighted by molar-refractivity contribution is 0.0691. The molecule has 2 aromatic heterocycles. The minimum Gasteiger partial charge on any atom is -0.448 e. The van der Waals surface area contributed by atoms with Crippen LogP contribution in [0.3, 0.4) is 0 Å². The molecule has 1 N–H and O–H groups in total. The smallest absolute Gasteiger partial charge is 0.287 e. The summed E-state index contributed by atoms with van der Waals surface area (Å²) in [5.74, 6) is -0.351. The van der Waals surface area contributed by atoms with Crippen molar-refractivity contribution in [3.63, 3.8) is 0 Å². The molecule has 2 aromatic carbocycles. The van der Waals surface area contributed by atoms with Crippen molar-refractivity contribution < 1.29 is 18.4 Å². The Balaban J connectivity index is 1.19. The highest BCUT2D eigenvalue weighted by Gasteiger charge is 2.27. The van der Waals surface area contributed by atoms with Crippen LogP contribution in [0.5, 0.6) is 0 Å². The normalized spacial score (nSPS) is 14.6. The number of hydrogen-bond donors (Lipinski definition) is 1. The maximum absolute atomic E-state index is 13.9. The first-order valence-corrected chi connectivity index (χ1v) is 11.2. The van der Waals surface area contributed by atoms with Crippen LogP contribution in [-0.4, -0.2) is 40.8 Å². The Kier molecular flexibility index (Phi) is 5.45. The van der Waals surface area contributed by atoms with Crippen LogP contribution >= 0.6 is 11.3 Å². The number of amides is 2. The van der Waals surface area contributed by atoms with Crippen molar-refractivity contribution in [3.8, 4) is 10.8 Å². The monoisotopic (exact) mass is 449 g/mol. The maximum atomic E-state index is 13.9. The van der Waals surface area contributed by atoms with Gasteiger partial charge in [-0.1, -0.05) is 24.3 Å². The molecule has 0 atom stereocenters. The van der Waals surface area contributed by atoms with Crippen molar-refractivity contribution in [2.75, 3.05) is 13.1 Å². The number of nitrogens with one attached hydrogen (secondary N) is 1. The van der Waals surface area contributed by atoms with Crippen LogP contribution in [0.1, 0.15) is 33.8 Å². The van der Waals surface area contributed by atoms with Crippen LogP contribution < -0.4 is 5.32 Å². The summed E-state index contributed by atoms with van der Waals surface area (Å²) in [5.41, 5.74) is 0.972. The topological polar surface area (TPSA) is 75.4 Å². The second-order valence-corrected chi connectivity index (χ2v) is 8.70. The van der Waals surface area contributed by atoms with Gasteiger partial charge in [-0.3, -0.25) is 9.59 Å². The van der Waals surface area contributed by atoms with Crippen molar-refractivity contribution in [1.29, 1.82) is 0 Å². The molecule has 8 heteroatoms. The van der Waals surface area contributed by atoms with E-state index in [9.17, 15) is 14.0 Å². The van der Waals surface area contributed by atoms with E-state index < -0.39 is 5.82 Å². The van der Waals surface area contributed by atoms with Gasteiger partial charge in [-0.2, -0.15) is 0 Å². The zero-order valence-corrected chi connectivity index (χ0v) is 17.9. The highest BCUT2D eigenvalue weighted by Crippen LogP contribution is 2.31. The summed E-state index contributed by atoms with van der Waals surface area (Å²) in [6.07, 6.45) is 1.19. The van der Waals surface area contributed by atoms with Crippen molar-refractivity contribution in [2.24, 2.45) is 0 Å². The van der Waals surface area contributed by atoms with Crippen molar-refractivity contribution in [1.82, 2.24) is 15.2 Å². The summed E-state index contributed by atoms with van der Waals surface area (Å²) in [6.45, 7) is 0.903. The third kappa shape index (κ3) is 4.01. The number of thiazole rings is 1. The Hall–Kier alpha value is -3.52. The first-order valence-electron chi connectivity index (χ1n) is 10.4. The fourth-order valence-electron chi connectivity index (χ4n) is 3.84. The van der Waals surface area contributed by atoms with Crippen LogP contribution in [0, 0.1) is 5.82 Å². The van der Waals surface area contributed by atoms with Gasteiger partial charge in [0.1, 0.15) is 5.82 Å². The molecule has 0 saturated carbocycles. The molecular weight excluding hydrogens is 429 g/mol. The maximum Gasteiger partial charge on any atom is 0.287 e. The van der Waals surface area contributed by atoms with Gasteiger partial charge in [0.25, 0.3) is 11.8 Å². The van der Waals surface area contributed by atoms with Gasteiger partial charge in [0.2, 0.25) is 0 Å². The Morgan fingerprint density at radius 2 is 1.78 bits per heavy atom. The molecule has 0 bridgehead atoms. The Bertz CT molecular complexity index is 1260. The molecule has 162 valence electrons. The molecule has 3 heterocycles. The zero-order valence-electron chi connectivity index (χ0n) is 17.1. The number of benzene rings is 2. The highest BCUT2D eigenvalue weighted by atomic mass is 32.1. The van der Waals surface area contributed by atoms with Crippen LogP contribution in [-0.2, 0) is 0 Å². The van der Waals surface area contributed by atoms with Gasteiger partial charge in [-0.05, 0) is 49.2 Å². The van der Waals surface area contributed by atoms with E-state index >= 15 is 0 Å². The minimum absolute atomic E-state index is 0.0768. The number of likely N-dealkylation sites (tertiary alicyclic amines) is 1. The largest absolute Gasteiger partial charge is 0.448 e. The number of rotatable bonds is 4. The van der Waals surface area contributed by atoms with Gasteiger partial charge in [-0.15, -0.1) is 11.3 Å². The summed E-state index contributed by atoms with van der Waals surface area (Å²) >= 11 is 1.51. The SMILES string of the molecule is O=C(NC1CCN(C(=O)c2ccccc2F)CC1)c1ccc(-c2nc3ccccc3s2)o1. The predicted molar refractivity (Wildman–Crippen MR) is 120 cm³/mol. The van der Waals surface area contributed by atoms with Crippen LogP contribution in [0.2, 0.25) is 0 Å². The standard InChI is InChI=1S/C24H20FN3O3S/c25-17-6-2-1-5-16(17)24(30)28-13-11-15(12-14-28)26-22(29)19-9-10-20(31-19)23-27-18-7-3-4-8-21(18)32-23/h1-10,15H,11-14H2,(H,26,29). The molecule has 1 saturated heterocycles. The molecule has 2 amide bonds.